The standard InChI is InChI=1S/C24H25FN6O5/c25-13-1-3-15-17(9-13)30(22(33)11-27-15)8-7-26-14-2-4-16-19(10-14)36-24(34)31(16)20-6-5-18-23(28-20)29-21(32)12-35-18/h1,3,5-6,9,11,14,16,19,22,26,33H,2,4,7-8,10,12H2,(H,28,29,32)/t14-,16-,19-,22?/m0/s1. The number of carbonyl (C=O) groups excluding carboxylic acids is 2. The van der Waals surface area contributed by atoms with Gasteiger partial charge in [0, 0.05) is 25.6 Å². The number of halogens is 1. The number of benzene rings is 1. The number of amides is 2. The highest BCUT2D eigenvalue weighted by Crippen LogP contribution is 2.37. The second-order valence-electron chi connectivity index (χ2n) is 9.19. The number of fused-ring (bicyclic) bond motifs is 3. The molecule has 36 heavy (non-hydrogen) atoms. The summed E-state index contributed by atoms with van der Waals surface area (Å²) in [5.74, 6) is 0.492. The number of aliphatic hydroxyl groups excluding tert-OH is 1. The van der Waals surface area contributed by atoms with E-state index in [1.165, 1.54) is 18.3 Å². The van der Waals surface area contributed by atoms with E-state index in [-0.39, 0.29) is 36.5 Å². The summed E-state index contributed by atoms with van der Waals surface area (Å²) in [6.07, 6.45) is 1.90. The van der Waals surface area contributed by atoms with Crippen LogP contribution in [0.2, 0.25) is 0 Å². The molecule has 2 amide bonds. The Balaban J connectivity index is 1.08. The van der Waals surface area contributed by atoms with Gasteiger partial charge in [0.1, 0.15) is 17.7 Å². The van der Waals surface area contributed by atoms with Gasteiger partial charge in [0.05, 0.1) is 23.6 Å². The topological polar surface area (TPSA) is 129 Å². The third-order valence-electron chi connectivity index (χ3n) is 6.94. The zero-order valence-corrected chi connectivity index (χ0v) is 19.3. The predicted molar refractivity (Wildman–Crippen MR) is 128 cm³/mol. The number of aromatic nitrogens is 1. The molecule has 0 radical (unpaired) electrons. The second-order valence-corrected chi connectivity index (χ2v) is 9.19. The number of hydrogen-bond donors (Lipinski definition) is 3. The monoisotopic (exact) mass is 496 g/mol. The van der Waals surface area contributed by atoms with Crippen molar-refractivity contribution in [3.8, 4) is 5.75 Å². The Labute approximate surface area is 205 Å². The van der Waals surface area contributed by atoms with Crippen LogP contribution < -0.4 is 25.2 Å². The highest BCUT2D eigenvalue weighted by Gasteiger charge is 2.46. The van der Waals surface area contributed by atoms with Gasteiger partial charge in [0.2, 0.25) is 0 Å². The van der Waals surface area contributed by atoms with Crippen molar-refractivity contribution in [3.05, 3.63) is 36.1 Å². The van der Waals surface area contributed by atoms with Crippen molar-refractivity contribution < 1.29 is 28.6 Å². The predicted octanol–water partition coefficient (Wildman–Crippen LogP) is 1.93. The maximum atomic E-state index is 13.8. The molecule has 1 aliphatic carbocycles. The third kappa shape index (κ3) is 4.11. The molecule has 4 heterocycles. The first kappa shape index (κ1) is 22.7. The number of aliphatic hydroxyl groups is 1. The maximum Gasteiger partial charge on any atom is 0.416 e. The summed E-state index contributed by atoms with van der Waals surface area (Å²) >= 11 is 0. The Kier molecular flexibility index (Phi) is 5.69. The zero-order chi connectivity index (χ0) is 24.8. The maximum absolute atomic E-state index is 13.8. The number of pyridine rings is 1. The fourth-order valence-corrected chi connectivity index (χ4v) is 5.24. The molecule has 2 fully saturated rings. The number of hydrogen-bond acceptors (Lipinski definition) is 9. The summed E-state index contributed by atoms with van der Waals surface area (Å²) < 4.78 is 24.8. The highest BCUT2D eigenvalue weighted by atomic mass is 19.1. The average Bonchev–Trinajstić information content (AvgIpc) is 3.19. The second kappa shape index (κ2) is 9.03. The van der Waals surface area contributed by atoms with Gasteiger partial charge in [-0.05, 0) is 43.2 Å². The molecule has 11 nitrogen and oxygen atoms in total. The van der Waals surface area contributed by atoms with E-state index in [1.54, 1.807) is 28.0 Å². The van der Waals surface area contributed by atoms with Crippen molar-refractivity contribution in [1.29, 1.82) is 0 Å². The van der Waals surface area contributed by atoms with E-state index in [4.69, 9.17) is 9.47 Å². The Hall–Kier alpha value is -3.77. The molecule has 1 aromatic carbocycles. The van der Waals surface area contributed by atoms with Crippen LogP contribution in [0.25, 0.3) is 0 Å². The van der Waals surface area contributed by atoms with E-state index >= 15 is 0 Å². The lowest BCUT2D eigenvalue weighted by Gasteiger charge is -2.35. The molecule has 12 heteroatoms. The summed E-state index contributed by atoms with van der Waals surface area (Å²) in [4.78, 5) is 36.2. The minimum atomic E-state index is -0.930. The number of ether oxygens (including phenoxy) is 2. The largest absolute Gasteiger partial charge is 0.480 e. The van der Waals surface area contributed by atoms with Gasteiger partial charge in [-0.15, -0.1) is 0 Å². The van der Waals surface area contributed by atoms with Gasteiger partial charge in [0.25, 0.3) is 5.91 Å². The smallest absolute Gasteiger partial charge is 0.416 e. The molecule has 0 bridgehead atoms. The molecule has 4 aliphatic rings. The van der Waals surface area contributed by atoms with Gasteiger partial charge < -0.3 is 30.1 Å². The number of rotatable bonds is 5. The number of carbonyl (C=O) groups is 2. The van der Waals surface area contributed by atoms with Crippen molar-refractivity contribution in [3.63, 3.8) is 0 Å². The Morgan fingerprint density at radius 1 is 1.22 bits per heavy atom. The minimum Gasteiger partial charge on any atom is -0.480 e. The molecule has 1 unspecified atom stereocenters. The molecule has 1 saturated carbocycles. The van der Waals surface area contributed by atoms with E-state index in [2.05, 4.69) is 20.6 Å². The lowest BCUT2D eigenvalue weighted by Crippen LogP contribution is -2.48. The zero-order valence-electron chi connectivity index (χ0n) is 19.3. The van der Waals surface area contributed by atoms with E-state index in [0.717, 1.165) is 6.42 Å². The number of nitrogens with one attached hydrogen (secondary N) is 2. The summed E-state index contributed by atoms with van der Waals surface area (Å²) in [6.45, 7) is 0.937. The Morgan fingerprint density at radius 3 is 3.00 bits per heavy atom. The van der Waals surface area contributed by atoms with Crippen molar-refractivity contribution in [2.45, 2.75) is 43.7 Å². The number of aliphatic imine (C=N–C) groups is 1. The SMILES string of the molecule is O=C1COc2ccc(N3C(=O)O[C@H]4C[C@@H](NCCN5c6cc(F)ccc6N=CC5O)CC[C@@H]43)nc2N1. The fraction of sp³-hybridized carbons (Fsp3) is 0.417. The first-order valence-electron chi connectivity index (χ1n) is 11.9. The van der Waals surface area contributed by atoms with Crippen LogP contribution >= 0.6 is 0 Å². The van der Waals surface area contributed by atoms with E-state index in [0.29, 0.717) is 54.7 Å². The van der Waals surface area contributed by atoms with Crippen LogP contribution in [0.1, 0.15) is 19.3 Å². The number of nitrogens with zero attached hydrogens (tertiary/aromatic N) is 4. The average molecular weight is 496 g/mol. The molecule has 3 N–H and O–H groups in total. The minimum absolute atomic E-state index is 0.0629. The van der Waals surface area contributed by atoms with Gasteiger partial charge in [0.15, 0.2) is 24.4 Å². The van der Waals surface area contributed by atoms with E-state index in [1.807, 2.05) is 0 Å². The molecule has 1 saturated heterocycles. The molecule has 4 atom stereocenters. The summed E-state index contributed by atoms with van der Waals surface area (Å²) in [5, 5.41) is 16.5. The molecule has 188 valence electrons. The van der Waals surface area contributed by atoms with Crippen LogP contribution in [0.15, 0.2) is 35.3 Å². The summed E-state index contributed by atoms with van der Waals surface area (Å²) in [5.41, 5.74) is 1.16. The van der Waals surface area contributed by atoms with Crippen molar-refractivity contribution in [1.82, 2.24) is 10.3 Å². The van der Waals surface area contributed by atoms with Crippen molar-refractivity contribution in [2.75, 3.05) is 34.8 Å². The molecule has 0 spiro atoms. The normalized spacial score (nSPS) is 26.5. The molecule has 6 rings (SSSR count). The molecule has 1 aromatic heterocycles. The lowest BCUT2D eigenvalue weighted by atomic mass is 9.88. The quantitative estimate of drug-likeness (QED) is 0.573. The van der Waals surface area contributed by atoms with Crippen LogP contribution in [-0.4, -0.2) is 72.4 Å². The van der Waals surface area contributed by atoms with E-state index < -0.39 is 12.3 Å². The first-order valence-corrected chi connectivity index (χ1v) is 11.9. The van der Waals surface area contributed by atoms with E-state index in [9.17, 15) is 19.1 Å². The molecular weight excluding hydrogens is 471 g/mol. The highest BCUT2D eigenvalue weighted by molar-refractivity contribution is 5.95. The van der Waals surface area contributed by atoms with Gasteiger partial charge in [-0.2, -0.15) is 0 Å². The van der Waals surface area contributed by atoms with Gasteiger partial charge in [-0.1, -0.05) is 0 Å². The number of anilines is 3. The van der Waals surface area contributed by atoms with Gasteiger partial charge in [-0.25, -0.2) is 14.2 Å². The Morgan fingerprint density at radius 2 is 2.11 bits per heavy atom. The summed E-state index contributed by atoms with van der Waals surface area (Å²) in [7, 11) is 0. The van der Waals surface area contributed by atoms with Crippen LogP contribution in [-0.2, 0) is 9.53 Å². The van der Waals surface area contributed by atoms with Crippen LogP contribution in [0.4, 0.5) is 32.2 Å². The van der Waals surface area contributed by atoms with Gasteiger partial charge >= 0.3 is 6.09 Å². The molecular formula is C24H25FN6O5. The first-order chi connectivity index (χ1) is 17.5. The molecule has 3 aliphatic heterocycles. The molecule has 2 aromatic rings. The van der Waals surface area contributed by atoms with Crippen LogP contribution in [0, 0.1) is 5.82 Å². The summed E-state index contributed by atoms with van der Waals surface area (Å²) in [6, 6.07) is 7.65. The van der Waals surface area contributed by atoms with Crippen LogP contribution in [0.5, 0.6) is 5.75 Å². The third-order valence-corrected chi connectivity index (χ3v) is 6.94. The Bertz CT molecular complexity index is 1240. The van der Waals surface area contributed by atoms with Crippen molar-refractivity contribution in [2.24, 2.45) is 4.99 Å². The lowest BCUT2D eigenvalue weighted by molar-refractivity contribution is -0.118. The van der Waals surface area contributed by atoms with Crippen LogP contribution in [0.3, 0.4) is 0 Å². The van der Waals surface area contributed by atoms with Crippen molar-refractivity contribution >= 4 is 41.2 Å². The van der Waals surface area contributed by atoms with Gasteiger partial charge in [-0.3, -0.25) is 14.7 Å². The fourth-order valence-electron chi connectivity index (χ4n) is 5.24.